The predicted molar refractivity (Wildman–Crippen MR) is 68.5 cm³/mol. The van der Waals surface area contributed by atoms with Crippen molar-refractivity contribution >= 4 is 5.82 Å². The molecule has 3 atom stereocenters. The summed E-state index contributed by atoms with van der Waals surface area (Å²) in [5.41, 5.74) is 0.612. The van der Waals surface area contributed by atoms with E-state index in [4.69, 9.17) is 5.26 Å². The SMILES string of the molecule is CCC1CCC(Nc2ccc(C#N)cn2)C1C. The van der Waals surface area contributed by atoms with E-state index in [9.17, 15) is 0 Å². The molecular weight excluding hydrogens is 210 g/mol. The summed E-state index contributed by atoms with van der Waals surface area (Å²) < 4.78 is 0. The molecule has 0 radical (unpaired) electrons. The lowest BCUT2D eigenvalue weighted by molar-refractivity contribution is 0.391. The zero-order chi connectivity index (χ0) is 12.3. The predicted octanol–water partition coefficient (Wildman–Crippen LogP) is 3.19. The monoisotopic (exact) mass is 229 g/mol. The molecule has 0 aromatic carbocycles. The average Bonchev–Trinajstić information content (AvgIpc) is 2.71. The van der Waals surface area contributed by atoms with E-state index in [0.717, 1.165) is 11.7 Å². The molecule has 1 aromatic rings. The molecule has 0 bridgehead atoms. The van der Waals surface area contributed by atoms with Gasteiger partial charge in [-0.3, -0.25) is 0 Å². The molecule has 1 saturated carbocycles. The number of nitriles is 1. The highest BCUT2D eigenvalue weighted by molar-refractivity contribution is 5.40. The van der Waals surface area contributed by atoms with Gasteiger partial charge in [-0.1, -0.05) is 20.3 Å². The van der Waals surface area contributed by atoms with Gasteiger partial charge in [-0.05, 0) is 36.8 Å². The van der Waals surface area contributed by atoms with Crippen molar-refractivity contribution in [3.63, 3.8) is 0 Å². The first-order valence-electron chi connectivity index (χ1n) is 6.37. The number of rotatable bonds is 3. The fourth-order valence-electron chi connectivity index (χ4n) is 2.76. The van der Waals surface area contributed by atoms with Gasteiger partial charge in [0, 0.05) is 12.2 Å². The van der Waals surface area contributed by atoms with Gasteiger partial charge < -0.3 is 5.32 Å². The Morgan fingerprint density at radius 2 is 2.29 bits per heavy atom. The molecule has 17 heavy (non-hydrogen) atoms. The maximum Gasteiger partial charge on any atom is 0.126 e. The van der Waals surface area contributed by atoms with Gasteiger partial charge in [0.25, 0.3) is 0 Å². The molecule has 1 fully saturated rings. The molecule has 1 N–H and O–H groups in total. The number of nitrogens with zero attached hydrogens (tertiary/aromatic N) is 2. The van der Waals surface area contributed by atoms with Crippen molar-refractivity contribution in [3.05, 3.63) is 23.9 Å². The van der Waals surface area contributed by atoms with Crippen molar-refractivity contribution in [2.24, 2.45) is 11.8 Å². The van der Waals surface area contributed by atoms with Crippen LogP contribution in [0.3, 0.4) is 0 Å². The molecule has 1 aliphatic carbocycles. The van der Waals surface area contributed by atoms with Gasteiger partial charge in [0.1, 0.15) is 11.9 Å². The lowest BCUT2D eigenvalue weighted by atomic mass is 9.93. The summed E-state index contributed by atoms with van der Waals surface area (Å²) in [6, 6.07) is 6.32. The number of aromatic nitrogens is 1. The van der Waals surface area contributed by atoms with Crippen LogP contribution in [0.2, 0.25) is 0 Å². The van der Waals surface area contributed by atoms with E-state index in [1.165, 1.54) is 19.3 Å². The van der Waals surface area contributed by atoms with Crippen LogP contribution in [0, 0.1) is 23.2 Å². The summed E-state index contributed by atoms with van der Waals surface area (Å²) >= 11 is 0. The summed E-state index contributed by atoms with van der Waals surface area (Å²) in [4.78, 5) is 4.26. The zero-order valence-electron chi connectivity index (χ0n) is 10.5. The molecule has 1 aliphatic rings. The highest BCUT2D eigenvalue weighted by Crippen LogP contribution is 2.35. The van der Waals surface area contributed by atoms with Gasteiger partial charge in [-0.25, -0.2) is 4.98 Å². The Hall–Kier alpha value is -1.56. The summed E-state index contributed by atoms with van der Waals surface area (Å²) in [7, 11) is 0. The Labute approximate surface area is 103 Å². The first-order valence-corrected chi connectivity index (χ1v) is 6.37. The maximum atomic E-state index is 8.71. The summed E-state index contributed by atoms with van der Waals surface area (Å²) in [5.74, 6) is 2.43. The fourth-order valence-corrected chi connectivity index (χ4v) is 2.76. The second-order valence-electron chi connectivity index (χ2n) is 4.90. The molecule has 0 amide bonds. The first-order chi connectivity index (χ1) is 8.24. The minimum atomic E-state index is 0.528. The van der Waals surface area contributed by atoms with Crippen molar-refractivity contribution in [3.8, 4) is 6.07 Å². The normalized spacial score (nSPS) is 27.7. The number of hydrogen-bond acceptors (Lipinski definition) is 3. The molecule has 1 aromatic heterocycles. The van der Waals surface area contributed by atoms with Crippen molar-refractivity contribution in [2.45, 2.75) is 39.2 Å². The fraction of sp³-hybridized carbons (Fsp3) is 0.571. The van der Waals surface area contributed by atoms with Crippen LogP contribution in [0.1, 0.15) is 38.7 Å². The number of hydrogen-bond donors (Lipinski definition) is 1. The Bertz CT molecular complexity index is 404. The number of anilines is 1. The maximum absolute atomic E-state index is 8.71. The third-order valence-electron chi connectivity index (χ3n) is 3.98. The van der Waals surface area contributed by atoms with Crippen LogP contribution in [-0.4, -0.2) is 11.0 Å². The van der Waals surface area contributed by atoms with Crippen LogP contribution in [0.25, 0.3) is 0 Å². The molecule has 0 aliphatic heterocycles. The zero-order valence-corrected chi connectivity index (χ0v) is 10.5. The van der Waals surface area contributed by atoms with Gasteiger partial charge in [0.2, 0.25) is 0 Å². The van der Waals surface area contributed by atoms with Crippen LogP contribution in [-0.2, 0) is 0 Å². The Kier molecular flexibility index (Phi) is 3.63. The topological polar surface area (TPSA) is 48.7 Å². The third-order valence-corrected chi connectivity index (χ3v) is 3.98. The molecule has 3 heteroatoms. The third kappa shape index (κ3) is 2.58. The van der Waals surface area contributed by atoms with E-state index in [-0.39, 0.29) is 0 Å². The lowest BCUT2D eigenvalue weighted by Crippen LogP contribution is -2.25. The van der Waals surface area contributed by atoms with E-state index in [0.29, 0.717) is 17.5 Å². The van der Waals surface area contributed by atoms with Crippen LogP contribution in [0.5, 0.6) is 0 Å². The summed E-state index contributed by atoms with van der Waals surface area (Å²) in [6.45, 7) is 4.59. The second kappa shape index (κ2) is 5.18. The second-order valence-corrected chi connectivity index (χ2v) is 4.90. The van der Waals surface area contributed by atoms with E-state index in [1.54, 1.807) is 6.20 Å². The van der Waals surface area contributed by atoms with E-state index < -0.39 is 0 Å². The van der Waals surface area contributed by atoms with Crippen molar-refractivity contribution in [1.29, 1.82) is 5.26 Å². The van der Waals surface area contributed by atoms with Crippen LogP contribution >= 0.6 is 0 Å². The Morgan fingerprint density at radius 1 is 1.47 bits per heavy atom. The van der Waals surface area contributed by atoms with Crippen molar-refractivity contribution in [1.82, 2.24) is 4.98 Å². The molecule has 0 saturated heterocycles. The standard InChI is InChI=1S/C14H19N3/c1-3-12-5-6-13(10(12)2)17-14-7-4-11(8-15)9-16-14/h4,7,9-10,12-13H,3,5-6H2,1-2H3,(H,16,17). The van der Waals surface area contributed by atoms with E-state index in [1.807, 2.05) is 12.1 Å². The van der Waals surface area contributed by atoms with Crippen LogP contribution in [0.4, 0.5) is 5.82 Å². The largest absolute Gasteiger partial charge is 0.367 e. The molecule has 1 heterocycles. The van der Waals surface area contributed by atoms with Crippen LogP contribution < -0.4 is 5.32 Å². The van der Waals surface area contributed by atoms with Crippen molar-refractivity contribution in [2.75, 3.05) is 5.32 Å². The van der Waals surface area contributed by atoms with Gasteiger partial charge in [0.15, 0.2) is 0 Å². The number of nitrogens with one attached hydrogen (secondary N) is 1. The minimum absolute atomic E-state index is 0.528. The van der Waals surface area contributed by atoms with Crippen molar-refractivity contribution < 1.29 is 0 Å². The van der Waals surface area contributed by atoms with E-state index in [2.05, 4.69) is 30.2 Å². The molecular formula is C14H19N3. The minimum Gasteiger partial charge on any atom is -0.367 e. The molecule has 0 spiro atoms. The highest BCUT2D eigenvalue weighted by atomic mass is 15.0. The van der Waals surface area contributed by atoms with Crippen LogP contribution in [0.15, 0.2) is 18.3 Å². The van der Waals surface area contributed by atoms with Gasteiger partial charge in [-0.2, -0.15) is 5.26 Å². The Balaban J connectivity index is 1.99. The summed E-state index contributed by atoms with van der Waals surface area (Å²) in [5, 5.41) is 12.2. The average molecular weight is 229 g/mol. The lowest BCUT2D eigenvalue weighted by Gasteiger charge is -2.21. The molecule has 3 nitrogen and oxygen atoms in total. The first kappa shape index (κ1) is 11.9. The quantitative estimate of drug-likeness (QED) is 0.866. The molecule has 2 rings (SSSR count). The molecule has 3 unspecified atom stereocenters. The van der Waals surface area contributed by atoms with Gasteiger partial charge in [-0.15, -0.1) is 0 Å². The number of pyridine rings is 1. The van der Waals surface area contributed by atoms with E-state index >= 15 is 0 Å². The highest BCUT2D eigenvalue weighted by Gasteiger charge is 2.31. The van der Waals surface area contributed by atoms with Gasteiger partial charge in [0.05, 0.1) is 5.56 Å². The summed E-state index contributed by atoms with van der Waals surface area (Å²) in [6.07, 6.45) is 5.42. The smallest absolute Gasteiger partial charge is 0.126 e. The van der Waals surface area contributed by atoms with Gasteiger partial charge >= 0.3 is 0 Å². The molecule has 90 valence electrons. The Morgan fingerprint density at radius 3 is 2.82 bits per heavy atom.